The standard InChI is InChI=1S/C30H30Cl2N4O5/c1-34(27(37)17-36-24-14-22(31)23(32)15-26(24)41-18-28(36)38)25(16-35-12-3-4-13-35)19-7-9-20(10-8-19)29-21(30(39)40-2)6-5-11-33-29/h5-11,14-15,25H,3-4,12-13,16-18H2,1-2H3. The minimum Gasteiger partial charge on any atom is -0.482 e. The van der Waals surface area contributed by atoms with E-state index in [0.29, 0.717) is 34.3 Å². The second-order valence-electron chi connectivity index (χ2n) is 10.0. The van der Waals surface area contributed by atoms with E-state index in [1.807, 2.05) is 24.3 Å². The first kappa shape index (κ1) is 28.9. The number of carbonyl (C=O) groups is 3. The molecule has 0 N–H and O–H groups in total. The molecule has 2 aromatic carbocycles. The van der Waals surface area contributed by atoms with Gasteiger partial charge in [-0.1, -0.05) is 47.5 Å². The molecule has 1 aromatic heterocycles. The van der Waals surface area contributed by atoms with Gasteiger partial charge in [0.05, 0.1) is 40.1 Å². The smallest absolute Gasteiger partial charge is 0.340 e. The van der Waals surface area contributed by atoms with Crippen LogP contribution in [0.25, 0.3) is 11.3 Å². The van der Waals surface area contributed by atoms with Gasteiger partial charge in [0, 0.05) is 31.4 Å². The van der Waals surface area contributed by atoms with Crippen LogP contribution in [0.1, 0.15) is 34.8 Å². The highest BCUT2D eigenvalue weighted by atomic mass is 35.5. The van der Waals surface area contributed by atoms with Gasteiger partial charge in [-0.2, -0.15) is 0 Å². The molecule has 0 spiro atoms. The predicted octanol–water partition coefficient (Wildman–Crippen LogP) is 4.86. The number of halogens is 2. The molecule has 2 amide bonds. The van der Waals surface area contributed by atoms with Gasteiger partial charge in [0.15, 0.2) is 6.61 Å². The van der Waals surface area contributed by atoms with E-state index in [-0.39, 0.29) is 36.0 Å². The van der Waals surface area contributed by atoms with Gasteiger partial charge in [0.1, 0.15) is 12.3 Å². The van der Waals surface area contributed by atoms with E-state index in [1.54, 1.807) is 42.4 Å². The Morgan fingerprint density at radius 2 is 1.80 bits per heavy atom. The number of rotatable bonds is 8. The molecule has 1 unspecified atom stereocenters. The Morgan fingerprint density at radius 1 is 1.10 bits per heavy atom. The van der Waals surface area contributed by atoms with Crippen LogP contribution in [-0.2, 0) is 14.3 Å². The number of pyridine rings is 1. The first-order valence-corrected chi connectivity index (χ1v) is 14.1. The van der Waals surface area contributed by atoms with E-state index in [0.717, 1.165) is 37.1 Å². The summed E-state index contributed by atoms with van der Waals surface area (Å²) in [5.74, 6) is -0.630. The fourth-order valence-electron chi connectivity index (χ4n) is 5.22. The summed E-state index contributed by atoms with van der Waals surface area (Å²) < 4.78 is 10.4. The maximum atomic E-state index is 13.7. The molecule has 0 radical (unpaired) electrons. The second-order valence-corrected chi connectivity index (χ2v) is 10.9. The van der Waals surface area contributed by atoms with Gasteiger partial charge in [-0.05, 0) is 49.7 Å². The van der Waals surface area contributed by atoms with Crippen molar-refractivity contribution < 1.29 is 23.9 Å². The summed E-state index contributed by atoms with van der Waals surface area (Å²) in [5, 5.41) is 0.575. The van der Waals surface area contributed by atoms with Crippen LogP contribution in [0.2, 0.25) is 10.0 Å². The van der Waals surface area contributed by atoms with Gasteiger partial charge >= 0.3 is 5.97 Å². The summed E-state index contributed by atoms with van der Waals surface area (Å²) in [4.78, 5) is 48.6. The summed E-state index contributed by atoms with van der Waals surface area (Å²) in [5.41, 5.74) is 3.00. The van der Waals surface area contributed by atoms with E-state index >= 15 is 0 Å². The molecule has 5 rings (SSSR count). The van der Waals surface area contributed by atoms with E-state index in [9.17, 15) is 14.4 Å². The second kappa shape index (κ2) is 12.5. The average Bonchev–Trinajstić information content (AvgIpc) is 3.51. The average molecular weight is 597 g/mol. The molecule has 41 heavy (non-hydrogen) atoms. The van der Waals surface area contributed by atoms with E-state index < -0.39 is 5.97 Å². The molecular weight excluding hydrogens is 567 g/mol. The first-order valence-electron chi connectivity index (χ1n) is 13.3. The maximum Gasteiger partial charge on any atom is 0.340 e. The largest absolute Gasteiger partial charge is 0.482 e. The fraction of sp³-hybridized carbons (Fsp3) is 0.333. The zero-order chi connectivity index (χ0) is 29.1. The SMILES string of the molecule is COC(=O)c1cccnc1-c1ccc(C(CN2CCCC2)N(C)C(=O)CN2C(=O)COc3cc(Cl)c(Cl)cc32)cc1. The van der Waals surface area contributed by atoms with Crippen LogP contribution in [-0.4, -0.2) is 79.5 Å². The number of hydrogen-bond acceptors (Lipinski definition) is 7. The van der Waals surface area contributed by atoms with Gasteiger partial charge in [0.2, 0.25) is 5.91 Å². The lowest BCUT2D eigenvalue weighted by Crippen LogP contribution is -2.47. The van der Waals surface area contributed by atoms with Gasteiger partial charge in [-0.25, -0.2) is 4.79 Å². The zero-order valence-corrected chi connectivity index (χ0v) is 24.3. The molecule has 2 aliphatic rings. The van der Waals surface area contributed by atoms with Crippen molar-refractivity contribution in [3.63, 3.8) is 0 Å². The Labute approximate surface area is 248 Å². The Morgan fingerprint density at radius 3 is 2.51 bits per heavy atom. The van der Waals surface area contributed by atoms with E-state index in [1.165, 1.54) is 12.0 Å². The highest BCUT2D eigenvalue weighted by Crippen LogP contribution is 2.39. The summed E-state index contributed by atoms with van der Waals surface area (Å²) in [7, 11) is 3.09. The number of ether oxygens (including phenoxy) is 2. The lowest BCUT2D eigenvalue weighted by atomic mass is 9.99. The maximum absolute atomic E-state index is 13.7. The van der Waals surface area contributed by atoms with Crippen molar-refractivity contribution in [3.05, 3.63) is 75.9 Å². The van der Waals surface area contributed by atoms with Gasteiger partial charge in [-0.15, -0.1) is 0 Å². The van der Waals surface area contributed by atoms with Crippen molar-refractivity contribution in [1.29, 1.82) is 0 Å². The molecule has 3 aromatic rings. The number of methoxy groups -OCH3 is 1. The fourth-order valence-corrected chi connectivity index (χ4v) is 5.54. The Bertz CT molecular complexity index is 1460. The first-order chi connectivity index (χ1) is 19.8. The summed E-state index contributed by atoms with van der Waals surface area (Å²) in [6.45, 7) is 2.20. The molecule has 2 aliphatic heterocycles. The number of benzene rings is 2. The molecular formula is C30H30Cl2N4O5. The molecule has 0 aliphatic carbocycles. The highest BCUT2D eigenvalue weighted by molar-refractivity contribution is 6.42. The third-order valence-corrected chi connectivity index (χ3v) is 8.23. The van der Waals surface area contributed by atoms with Crippen LogP contribution in [0.15, 0.2) is 54.7 Å². The van der Waals surface area contributed by atoms with Crippen LogP contribution in [0.5, 0.6) is 5.75 Å². The Balaban J connectivity index is 1.41. The number of amides is 2. The van der Waals surface area contributed by atoms with Crippen molar-refractivity contribution in [3.8, 4) is 17.0 Å². The number of carbonyl (C=O) groups excluding carboxylic acids is 3. The third kappa shape index (κ3) is 6.17. The lowest BCUT2D eigenvalue weighted by molar-refractivity contribution is -0.133. The predicted molar refractivity (Wildman–Crippen MR) is 157 cm³/mol. The molecule has 1 saturated heterocycles. The van der Waals surface area contributed by atoms with Crippen LogP contribution >= 0.6 is 23.2 Å². The number of esters is 1. The molecule has 1 atom stereocenters. The molecule has 214 valence electrons. The van der Waals surface area contributed by atoms with Crippen molar-refractivity contribution in [2.24, 2.45) is 0 Å². The van der Waals surface area contributed by atoms with E-state index in [4.69, 9.17) is 32.7 Å². The monoisotopic (exact) mass is 596 g/mol. The zero-order valence-electron chi connectivity index (χ0n) is 22.8. The highest BCUT2D eigenvalue weighted by Gasteiger charge is 2.32. The van der Waals surface area contributed by atoms with Gasteiger partial charge in [0.25, 0.3) is 5.91 Å². The number of nitrogens with zero attached hydrogens (tertiary/aromatic N) is 4. The Kier molecular flexibility index (Phi) is 8.77. The van der Waals surface area contributed by atoms with Gasteiger partial charge in [-0.3, -0.25) is 19.5 Å². The molecule has 3 heterocycles. The number of hydrogen-bond donors (Lipinski definition) is 0. The lowest BCUT2D eigenvalue weighted by Gasteiger charge is -2.35. The minimum atomic E-state index is -0.461. The van der Waals surface area contributed by atoms with Crippen molar-refractivity contribution in [1.82, 2.24) is 14.8 Å². The number of anilines is 1. The van der Waals surface area contributed by atoms with Crippen LogP contribution in [0, 0.1) is 0 Å². The van der Waals surface area contributed by atoms with Crippen molar-refractivity contribution >= 4 is 46.7 Å². The summed E-state index contributed by atoms with van der Waals surface area (Å²) in [6, 6.07) is 13.9. The Hall–Kier alpha value is -3.66. The van der Waals surface area contributed by atoms with Crippen LogP contribution in [0.3, 0.4) is 0 Å². The topological polar surface area (TPSA) is 92.3 Å². The number of aromatic nitrogens is 1. The number of likely N-dealkylation sites (N-methyl/N-ethyl adjacent to an activating group) is 1. The van der Waals surface area contributed by atoms with Crippen molar-refractivity contribution in [2.45, 2.75) is 18.9 Å². The quantitative estimate of drug-likeness (QED) is 0.343. The molecule has 0 bridgehead atoms. The number of likely N-dealkylation sites (tertiary alicyclic amines) is 1. The van der Waals surface area contributed by atoms with E-state index in [2.05, 4.69) is 9.88 Å². The van der Waals surface area contributed by atoms with Crippen molar-refractivity contribution in [2.75, 3.05) is 51.8 Å². The van der Waals surface area contributed by atoms with Gasteiger partial charge < -0.3 is 19.3 Å². The van der Waals surface area contributed by atoms with Crippen LogP contribution < -0.4 is 9.64 Å². The summed E-state index contributed by atoms with van der Waals surface area (Å²) >= 11 is 12.4. The minimum absolute atomic E-state index is 0.172. The summed E-state index contributed by atoms with van der Waals surface area (Å²) in [6.07, 6.45) is 3.86. The third-order valence-electron chi connectivity index (χ3n) is 7.51. The normalized spacial score (nSPS) is 15.7. The number of fused-ring (bicyclic) bond motifs is 1. The molecule has 9 nitrogen and oxygen atoms in total. The molecule has 11 heteroatoms. The van der Waals surface area contributed by atoms with Crippen LogP contribution in [0.4, 0.5) is 5.69 Å². The molecule has 0 saturated carbocycles. The molecule has 1 fully saturated rings.